The molecule has 0 aliphatic heterocycles. The zero-order chi connectivity index (χ0) is 12.2. The first kappa shape index (κ1) is 13.8. The van der Waals surface area contributed by atoms with Crippen LogP contribution in [0.5, 0.6) is 0 Å². The van der Waals surface area contributed by atoms with Crippen LogP contribution in [0.1, 0.15) is 33.1 Å². The average Bonchev–Trinajstić information content (AvgIpc) is 2.97. The highest BCUT2D eigenvalue weighted by Crippen LogP contribution is 2.49. The molecule has 0 unspecified atom stereocenters. The maximum atomic E-state index is 11.9. The molecule has 0 bridgehead atoms. The summed E-state index contributed by atoms with van der Waals surface area (Å²) < 4.78 is 5.43. The minimum Gasteiger partial charge on any atom is -0.377 e. The molecule has 1 aliphatic rings. The van der Waals surface area contributed by atoms with Gasteiger partial charge in [0.15, 0.2) is 0 Å². The van der Waals surface area contributed by atoms with Gasteiger partial charge in [0.2, 0.25) is 5.91 Å². The van der Waals surface area contributed by atoms with Crippen molar-refractivity contribution in [1.29, 1.82) is 0 Å². The number of hydrogen-bond donors (Lipinski definition) is 1. The van der Waals surface area contributed by atoms with E-state index >= 15 is 0 Å². The highest BCUT2D eigenvalue weighted by Gasteiger charge is 2.43. The molecule has 1 fully saturated rings. The Kier molecular flexibility index (Phi) is 5.12. The number of nitrogens with zero attached hydrogens (tertiary/aromatic N) is 1. The molecular weight excluding hydrogens is 222 g/mol. The third kappa shape index (κ3) is 4.34. The number of carbonyl (C=O) groups is 1. The van der Waals surface area contributed by atoms with E-state index < -0.39 is 0 Å². The van der Waals surface area contributed by atoms with Gasteiger partial charge < -0.3 is 9.64 Å². The van der Waals surface area contributed by atoms with Crippen LogP contribution in [0.25, 0.3) is 0 Å². The third-order valence-corrected chi connectivity index (χ3v) is 3.79. The number of thiol groups is 1. The maximum absolute atomic E-state index is 11.9. The Bertz CT molecular complexity index is 239. The third-order valence-electron chi connectivity index (χ3n) is 3.12. The Hall–Kier alpha value is -0.220. The summed E-state index contributed by atoms with van der Waals surface area (Å²) in [5, 5.41) is 0. The predicted molar refractivity (Wildman–Crippen MR) is 68.9 cm³/mol. The summed E-state index contributed by atoms with van der Waals surface area (Å²) in [6, 6.07) is 0. The molecule has 0 spiro atoms. The Labute approximate surface area is 104 Å². The molecule has 0 aromatic carbocycles. The SMILES string of the molecule is CC(C)OCCN(C)C(=O)CC1(CS)CC1. The van der Waals surface area contributed by atoms with Gasteiger partial charge in [-0.15, -0.1) is 0 Å². The van der Waals surface area contributed by atoms with Gasteiger partial charge in [-0.25, -0.2) is 0 Å². The van der Waals surface area contributed by atoms with E-state index in [0.717, 1.165) is 18.6 Å². The highest BCUT2D eigenvalue weighted by atomic mass is 32.1. The molecule has 0 N–H and O–H groups in total. The smallest absolute Gasteiger partial charge is 0.222 e. The fourth-order valence-corrected chi connectivity index (χ4v) is 2.00. The Morgan fingerprint density at radius 2 is 2.12 bits per heavy atom. The van der Waals surface area contributed by atoms with Crippen molar-refractivity contribution in [3.8, 4) is 0 Å². The van der Waals surface area contributed by atoms with Crippen molar-refractivity contribution in [3.63, 3.8) is 0 Å². The normalized spacial score (nSPS) is 17.6. The number of rotatable bonds is 7. The molecule has 0 radical (unpaired) electrons. The summed E-state index contributed by atoms with van der Waals surface area (Å²) in [6.45, 7) is 5.30. The van der Waals surface area contributed by atoms with Crippen molar-refractivity contribution in [2.75, 3.05) is 26.0 Å². The van der Waals surface area contributed by atoms with Gasteiger partial charge in [0.25, 0.3) is 0 Å². The lowest BCUT2D eigenvalue weighted by molar-refractivity contribution is -0.131. The lowest BCUT2D eigenvalue weighted by Gasteiger charge is -2.20. The summed E-state index contributed by atoms with van der Waals surface area (Å²) >= 11 is 4.31. The van der Waals surface area contributed by atoms with E-state index in [1.54, 1.807) is 4.90 Å². The van der Waals surface area contributed by atoms with Crippen LogP contribution in [-0.4, -0.2) is 42.9 Å². The highest BCUT2D eigenvalue weighted by molar-refractivity contribution is 7.80. The van der Waals surface area contributed by atoms with Gasteiger partial charge in [-0.3, -0.25) is 4.79 Å². The molecule has 3 nitrogen and oxygen atoms in total. The Morgan fingerprint density at radius 1 is 1.50 bits per heavy atom. The molecule has 0 saturated heterocycles. The van der Waals surface area contributed by atoms with Gasteiger partial charge in [-0.2, -0.15) is 12.6 Å². The topological polar surface area (TPSA) is 29.5 Å². The van der Waals surface area contributed by atoms with Crippen LogP contribution >= 0.6 is 12.6 Å². The summed E-state index contributed by atoms with van der Waals surface area (Å²) in [4.78, 5) is 13.6. The summed E-state index contributed by atoms with van der Waals surface area (Å²) in [5.74, 6) is 1.05. The van der Waals surface area contributed by atoms with E-state index in [2.05, 4.69) is 12.6 Å². The molecule has 1 amide bonds. The lowest BCUT2D eigenvalue weighted by atomic mass is 10.0. The van der Waals surface area contributed by atoms with Crippen LogP contribution in [0.15, 0.2) is 0 Å². The van der Waals surface area contributed by atoms with Gasteiger partial charge in [0.1, 0.15) is 0 Å². The molecule has 0 aromatic heterocycles. The van der Waals surface area contributed by atoms with Crippen LogP contribution in [0.3, 0.4) is 0 Å². The molecule has 0 heterocycles. The molecular formula is C12H23NO2S. The van der Waals surface area contributed by atoms with Crippen LogP contribution in [0.4, 0.5) is 0 Å². The minimum absolute atomic E-state index is 0.216. The summed E-state index contributed by atoms with van der Waals surface area (Å²) in [7, 11) is 1.85. The Balaban J connectivity index is 2.20. The number of likely N-dealkylation sites (N-methyl/N-ethyl adjacent to an activating group) is 1. The van der Waals surface area contributed by atoms with E-state index in [4.69, 9.17) is 4.74 Å². The first-order valence-corrected chi connectivity index (χ1v) is 6.59. The van der Waals surface area contributed by atoms with Crippen molar-refractivity contribution < 1.29 is 9.53 Å². The van der Waals surface area contributed by atoms with Crippen LogP contribution < -0.4 is 0 Å². The minimum atomic E-state index is 0.216. The monoisotopic (exact) mass is 245 g/mol. The second-order valence-corrected chi connectivity index (χ2v) is 5.39. The van der Waals surface area contributed by atoms with Crippen LogP contribution in [0, 0.1) is 5.41 Å². The molecule has 4 heteroatoms. The second-order valence-electron chi connectivity index (χ2n) is 5.07. The first-order valence-electron chi connectivity index (χ1n) is 5.95. The van der Waals surface area contributed by atoms with E-state index in [1.807, 2.05) is 20.9 Å². The van der Waals surface area contributed by atoms with Crippen LogP contribution in [0.2, 0.25) is 0 Å². The fourth-order valence-electron chi connectivity index (χ4n) is 1.57. The van der Waals surface area contributed by atoms with Crippen LogP contribution in [-0.2, 0) is 9.53 Å². The maximum Gasteiger partial charge on any atom is 0.222 e. The second kappa shape index (κ2) is 5.92. The lowest BCUT2D eigenvalue weighted by Crippen LogP contribution is -2.32. The molecule has 0 atom stereocenters. The Morgan fingerprint density at radius 3 is 2.56 bits per heavy atom. The fraction of sp³-hybridized carbons (Fsp3) is 0.917. The van der Waals surface area contributed by atoms with Crippen molar-refractivity contribution in [2.45, 2.75) is 39.2 Å². The number of carbonyl (C=O) groups excluding carboxylic acids is 1. The van der Waals surface area contributed by atoms with Gasteiger partial charge >= 0.3 is 0 Å². The first-order chi connectivity index (χ1) is 7.49. The van der Waals surface area contributed by atoms with E-state index in [-0.39, 0.29) is 17.4 Å². The molecule has 1 saturated carbocycles. The summed E-state index contributed by atoms with van der Waals surface area (Å²) in [5.41, 5.74) is 0.216. The predicted octanol–water partition coefficient (Wildman–Crippen LogP) is 1.97. The molecule has 16 heavy (non-hydrogen) atoms. The zero-order valence-corrected chi connectivity index (χ0v) is 11.4. The van der Waals surface area contributed by atoms with Gasteiger partial charge in [0.05, 0.1) is 12.7 Å². The van der Waals surface area contributed by atoms with Crippen molar-refractivity contribution in [2.24, 2.45) is 5.41 Å². The van der Waals surface area contributed by atoms with Crippen molar-refractivity contribution in [3.05, 3.63) is 0 Å². The number of ether oxygens (including phenoxy) is 1. The molecule has 0 aromatic rings. The number of hydrogen-bond acceptors (Lipinski definition) is 3. The van der Waals surface area contributed by atoms with E-state index in [1.165, 1.54) is 0 Å². The molecule has 1 aliphatic carbocycles. The molecule has 1 rings (SSSR count). The van der Waals surface area contributed by atoms with E-state index in [9.17, 15) is 4.79 Å². The quantitative estimate of drug-likeness (QED) is 0.695. The molecule has 94 valence electrons. The zero-order valence-electron chi connectivity index (χ0n) is 10.5. The van der Waals surface area contributed by atoms with Gasteiger partial charge in [-0.05, 0) is 37.9 Å². The van der Waals surface area contributed by atoms with E-state index in [0.29, 0.717) is 19.6 Å². The number of amides is 1. The summed E-state index contributed by atoms with van der Waals surface area (Å²) in [6.07, 6.45) is 3.18. The standard InChI is InChI=1S/C12H23NO2S/c1-10(2)15-7-6-13(3)11(14)8-12(9-16)4-5-12/h10,16H,4-9H2,1-3H3. The largest absolute Gasteiger partial charge is 0.377 e. The average molecular weight is 245 g/mol. The van der Waals surface area contributed by atoms with Gasteiger partial charge in [0, 0.05) is 20.0 Å². The van der Waals surface area contributed by atoms with Crippen molar-refractivity contribution >= 4 is 18.5 Å². The van der Waals surface area contributed by atoms with Crippen molar-refractivity contribution in [1.82, 2.24) is 4.90 Å². The van der Waals surface area contributed by atoms with Gasteiger partial charge in [-0.1, -0.05) is 0 Å².